The monoisotopic (exact) mass is 363 g/mol. The van der Waals surface area contributed by atoms with Gasteiger partial charge in [0.2, 0.25) is 0 Å². The molecule has 4 nitrogen and oxygen atoms in total. The van der Waals surface area contributed by atoms with Gasteiger partial charge < -0.3 is 0 Å². The van der Waals surface area contributed by atoms with E-state index in [4.69, 9.17) is 11.6 Å². The van der Waals surface area contributed by atoms with Crippen LogP contribution in [0.1, 0.15) is 18.2 Å². The Labute approximate surface area is 136 Å². The minimum Gasteiger partial charge on any atom is -0.297 e. The lowest BCUT2D eigenvalue weighted by molar-refractivity contribution is -0.141. The molecule has 1 unspecified atom stereocenters. The smallest absolute Gasteiger partial charge is 0.297 e. The minimum atomic E-state index is -4.51. The number of aromatic nitrogens is 2. The normalized spacial score (nSPS) is 14.2. The fourth-order valence-electron chi connectivity index (χ4n) is 1.71. The number of rotatable bonds is 3. The van der Waals surface area contributed by atoms with Crippen LogP contribution in [0.3, 0.4) is 0 Å². The number of anilines is 1. The van der Waals surface area contributed by atoms with Crippen LogP contribution in [-0.4, -0.2) is 25.3 Å². The number of nitrogens with zero attached hydrogens (tertiary/aromatic N) is 2. The summed E-state index contributed by atoms with van der Waals surface area (Å²) in [6, 6.07) is 5.24. The molecule has 0 amide bonds. The van der Waals surface area contributed by atoms with Crippen LogP contribution in [-0.2, 0) is 15.9 Å². The van der Waals surface area contributed by atoms with E-state index in [2.05, 4.69) is 14.7 Å². The third-order valence-corrected chi connectivity index (χ3v) is 5.30. The van der Waals surface area contributed by atoms with Crippen molar-refractivity contribution in [3.63, 3.8) is 0 Å². The van der Waals surface area contributed by atoms with Crippen molar-refractivity contribution in [1.29, 1.82) is 0 Å². The van der Waals surface area contributed by atoms with E-state index in [0.29, 0.717) is 21.3 Å². The van der Waals surface area contributed by atoms with Crippen molar-refractivity contribution in [2.24, 2.45) is 0 Å². The van der Waals surface area contributed by atoms with Crippen molar-refractivity contribution in [3.05, 3.63) is 52.9 Å². The Hall–Kier alpha value is -1.80. The average molecular weight is 364 g/mol. The zero-order valence-corrected chi connectivity index (χ0v) is 13.8. The third-order valence-electron chi connectivity index (χ3n) is 3.07. The Morgan fingerprint density at radius 2 is 1.87 bits per heavy atom. The molecule has 0 saturated heterocycles. The SMILES string of the molecule is CC(c1ccc(C(F)(F)F)nc1)=S(C)(=O)Nc1ccc(Cl)cn1. The molecule has 1 atom stereocenters. The maximum absolute atomic E-state index is 12.8. The predicted molar refractivity (Wildman–Crippen MR) is 86.0 cm³/mol. The molecule has 23 heavy (non-hydrogen) atoms. The van der Waals surface area contributed by atoms with Crippen LogP contribution in [0.25, 0.3) is 0 Å². The van der Waals surface area contributed by atoms with Crippen LogP contribution in [0.4, 0.5) is 19.0 Å². The Kier molecular flexibility index (Phi) is 4.86. The molecule has 0 aliphatic carbocycles. The second kappa shape index (κ2) is 6.37. The Bertz CT molecular complexity index is 811. The molecule has 9 heteroatoms. The van der Waals surface area contributed by atoms with Gasteiger partial charge in [-0.05, 0) is 25.1 Å². The Morgan fingerprint density at radius 3 is 2.35 bits per heavy atom. The highest BCUT2D eigenvalue weighted by Gasteiger charge is 2.32. The number of hydrogen-bond donors (Lipinski definition) is 1. The number of alkyl halides is 3. The molecule has 2 aromatic rings. The van der Waals surface area contributed by atoms with Crippen LogP contribution in [0.15, 0.2) is 36.7 Å². The summed E-state index contributed by atoms with van der Waals surface area (Å²) in [5, 5.41) is 0.436. The van der Waals surface area contributed by atoms with Crippen LogP contribution in [0.5, 0.6) is 0 Å². The second-order valence-electron chi connectivity index (χ2n) is 4.79. The molecule has 2 aromatic heterocycles. The molecule has 1 N–H and O–H groups in total. The van der Waals surface area contributed by atoms with Crippen molar-refractivity contribution >= 4 is 32.0 Å². The molecule has 2 heterocycles. The summed E-state index contributed by atoms with van der Waals surface area (Å²) in [5.41, 5.74) is -0.643. The Balaban J connectivity index is 2.34. The third kappa shape index (κ3) is 4.35. The number of halogens is 4. The lowest BCUT2D eigenvalue weighted by Crippen LogP contribution is -2.21. The fourth-order valence-corrected chi connectivity index (χ4v) is 3.06. The van der Waals surface area contributed by atoms with Crippen molar-refractivity contribution in [3.8, 4) is 0 Å². The van der Waals surface area contributed by atoms with E-state index in [-0.39, 0.29) is 0 Å². The molecule has 0 bridgehead atoms. The molecule has 0 aromatic carbocycles. The second-order valence-corrected chi connectivity index (χ2v) is 7.73. The first-order valence-corrected chi connectivity index (χ1v) is 8.70. The van der Waals surface area contributed by atoms with Gasteiger partial charge >= 0.3 is 6.18 Å². The predicted octanol–water partition coefficient (Wildman–Crippen LogP) is 3.63. The van der Waals surface area contributed by atoms with Gasteiger partial charge in [-0.25, -0.2) is 9.19 Å². The molecule has 0 radical (unpaired) electrons. The van der Waals surface area contributed by atoms with Gasteiger partial charge in [0.25, 0.3) is 0 Å². The van der Waals surface area contributed by atoms with Gasteiger partial charge in [-0.2, -0.15) is 13.2 Å². The van der Waals surface area contributed by atoms with E-state index in [1.807, 2.05) is 0 Å². The van der Waals surface area contributed by atoms with Gasteiger partial charge in [0.15, 0.2) is 0 Å². The maximum atomic E-state index is 12.8. The topological polar surface area (TPSA) is 54.9 Å². The first-order chi connectivity index (χ1) is 10.6. The van der Waals surface area contributed by atoms with Crippen LogP contribution < -0.4 is 4.72 Å². The van der Waals surface area contributed by atoms with Crippen molar-refractivity contribution in [2.45, 2.75) is 13.1 Å². The van der Waals surface area contributed by atoms with Gasteiger partial charge in [-0.15, -0.1) is 0 Å². The summed E-state index contributed by atoms with van der Waals surface area (Å²) >= 11 is 5.73. The van der Waals surface area contributed by atoms with E-state index in [1.54, 1.807) is 19.1 Å². The fraction of sp³-hybridized carbons (Fsp3) is 0.214. The first kappa shape index (κ1) is 17.6. The molecule has 2 rings (SSSR count). The molecule has 0 aliphatic heterocycles. The summed E-state index contributed by atoms with van der Waals surface area (Å²) in [6.07, 6.45) is -0.617. The highest BCUT2D eigenvalue weighted by atomic mass is 35.5. The molecule has 0 spiro atoms. The summed E-state index contributed by atoms with van der Waals surface area (Å²) in [6.45, 7) is 1.57. The average Bonchev–Trinajstić information content (AvgIpc) is 2.48. The zero-order chi connectivity index (χ0) is 17.3. The van der Waals surface area contributed by atoms with Crippen molar-refractivity contribution < 1.29 is 17.4 Å². The molecular weight excluding hydrogens is 351 g/mol. The van der Waals surface area contributed by atoms with Gasteiger partial charge in [0.05, 0.1) is 14.7 Å². The summed E-state index contributed by atoms with van der Waals surface area (Å²) in [7, 11) is -2.74. The molecule has 124 valence electrons. The number of nitrogens with one attached hydrogen (secondary N) is 1. The van der Waals surface area contributed by atoms with Gasteiger partial charge in [0.1, 0.15) is 11.5 Å². The lowest BCUT2D eigenvalue weighted by atomic mass is 10.2. The van der Waals surface area contributed by atoms with Crippen LogP contribution >= 0.6 is 11.6 Å². The lowest BCUT2D eigenvalue weighted by Gasteiger charge is -2.14. The summed E-state index contributed by atoms with van der Waals surface area (Å²) < 4.78 is 53.1. The van der Waals surface area contributed by atoms with E-state index >= 15 is 0 Å². The van der Waals surface area contributed by atoms with Crippen molar-refractivity contribution in [2.75, 3.05) is 11.0 Å². The van der Waals surface area contributed by atoms with Crippen LogP contribution in [0.2, 0.25) is 5.02 Å². The van der Waals surface area contributed by atoms with Gasteiger partial charge in [-0.3, -0.25) is 9.71 Å². The summed E-state index contributed by atoms with van der Waals surface area (Å²) in [5.74, 6) is 0.348. The van der Waals surface area contributed by atoms with E-state index in [0.717, 1.165) is 12.3 Å². The standard InChI is InChI=1S/C14H13ClF3N3OS/c1-9(10-3-5-12(19-7-10)14(16,17)18)23(2,22)21-13-6-4-11(15)8-20-13/h3-8H,1-2H3,(H,20,21,22). The molecule has 0 saturated carbocycles. The number of pyridine rings is 2. The van der Waals surface area contributed by atoms with Gasteiger partial charge in [-0.1, -0.05) is 17.7 Å². The number of hydrogen-bond acceptors (Lipinski definition) is 3. The molecular formula is C14H13ClF3N3OS. The quantitative estimate of drug-likeness (QED) is 0.669. The van der Waals surface area contributed by atoms with E-state index in [9.17, 15) is 17.4 Å². The van der Waals surface area contributed by atoms with Crippen LogP contribution in [0, 0.1) is 0 Å². The largest absolute Gasteiger partial charge is 0.433 e. The highest BCUT2D eigenvalue weighted by molar-refractivity contribution is 8.03. The first-order valence-electron chi connectivity index (χ1n) is 6.35. The van der Waals surface area contributed by atoms with Crippen molar-refractivity contribution in [1.82, 2.24) is 9.97 Å². The molecule has 0 fully saturated rings. The van der Waals surface area contributed by atoms with E-state index < -0.39 is 21.6 Å². The molecule has 0 aliphatic rings. The Morgan fingerprint density at radius 1 is 1.17 bits per heavy atom. The maximum Gasteiger partial charge on any atom is 0.433 e. The minimum absolute atomic E-state index is 0.348. The summed E-state index contributed by atoms with van der Waals surface area (Å²) in [4.78, 5) is 7.73. The highest BCUT2D eigenvalue weighted by Crippen LogP contribution is 2.27. The van der Waals surface area contributed by atoms with E-state index in [1.165, 1.54) is 18.5 Å². The zero-order valence-electron chi connectivity index (χ0n) is 12.2. The van der Waals surface area contributed by atoms with Gasteiger partial charge in [0, 0.05) is 29.1 Å².